The van der Waals surface area contributed by atoms with E-state index in [1.165, 1.54) is 0 Å². The Kier molecular flexibility index (Phi) is 7.06. The smallest absolute Gasteiger partial charge is 0.326 e. The lowest BCUT2D eigenvalue weighted by molar-refractivity contribution is -0.138. The van der Waals surface area contributed by atoms with Crippen LogP contribution < -0.4 is 14.8 Å². The number of likely N-dealkylation sites (N-methyl/N-ethyl adjacent to an activating group) is 1. The maximum absolute atomic E-state index is 13.8. The Morgan fingerprint density at radius 3 is 1.88 bits per heavy atom. The number of hydrogen-bond acceptors (Lipinski definition) is 5. The third-order valence-electron chi connectivity index (χ3n) is 5.64. The van der Waals surface area contributed by atoms with Gasteiger partial charge in [-0.2, -0.15) is 0 Å². The minimum atomic E-state index is -1.48. The molecular formula is C25H29N3O5. The summed E-state index contributed by atoms with van der Waals surface area (Å²) in [6.45, 7) is 7.95. The van der Waals surface area contributed by atoms with E-state index in [0.29, 0.717) is 35.7 Å². The van der Waals surface area contributed by atoms with Crippen LogP contribution in [0.4, 0.5) is 4.79 Å². The Hall–Kier alpha value is -3.81. The van der Waals surface area contributed by atoms with Crippen molar-refractivity contribution in [3.63, 3.8) is 0 Å². The molecule has 1 aliphatic rings. The number of nitrogens with one attached hydrogen (secondary N) is 1. The third kappa shape index (κ3) is 4.55. The molecular weight excluding hydrogens is 422 g/mol. The summed E-state index contributed by atoms with van der Waals surface area (Å²) in [4.78, 5) is 42.2. The van der Waals surface area contributed by atoms with Gasteiger partial charge >= 0.3 is 6.03 Å². The Bertz CT molecular complexity index is 999. The molecule has 0 radical (unpaired) electrons. The topological polar surface area (TPSA) is 88.2 Å². The van der Waals surface area contributed by atoms with Crippen LogP contribution in [0.5, 0.6) is 11.5 Å². The Morgan fingerprint density at radius 2 is 1.48 bits per heavy atom. The lowest BCUT2D eigenvalue weighted by Gasteiger charge is -2.28. The lowest BCUT2D eigenvalue weighted by Crippen LogP contribution is -2.46. The lowest BCUT2D eigenvalue weighted by atomic mass is 9.82. The normalized spacial score (nSPS) is 14.6. The monoisotopic (exact) mass is 451 g/mol. The molecule has 8 heteroatoms. The Labute approximate surface area is 193 Å². The van der Waals surface area contributed by atoms with Crippen LogP contribution in [0, 0.1) is 0 Å². The van der Waals surface area contributed by atoms with E-state index in [2.05, 4.69) is 11.9 Å². The average molecular weight is 452 g/mol. The largest absolute Gasteiger partial charge is 0.497 e. The molecule has 0 aromatic heterocycles. The summed E-state index contributed by atoms with van der Waals surface area (Å²) in [5.74, 6) is 0.378. The zero-order valence-corrected chi connectivity index (χ0v) is 19.4. The maximum atomic E-state index is 13.8. The number of imide groups is 1. The number of rotatable bonds is 9. The molecule has 1 saturated heterocycles. The van der Waals surface area contributed by atoms with Gasteiger partial charge in [0.1, 0.15) is 18.0 Å². The van der Waals surface area contributed by atoms with Crippen molar-refractivity contribution in [2.75, 3.05) is 33.9 Å². The van der Waals surface area contributed by atoms with Crippen molar-refractivity contribution in [2.24, 2.45) is 0 Å². The highest BCUT2D eigenvalue weighted by Crippen LogP contribution is 2.37. The molecule has 33 heavy (non-hydrogen) atoms. The second-order valence-electron chi connectivity index (χ2n) is 7.89. The fraction of sp³-hybridized carbons (Fsp3) is 0.320. The van der Waals surface area contributed by atoms with Gasteiger partial charge in [0, 0.05) is 13.1 Å². The predicted octanol–water partition coefficient (Wildman–Crippen LogP) is 2.92. The fourth-order valence-electron chi connectivity index (χ4n) is 3.90. The zero-order chi connectivity index (χ0) is 24.2. The van der Waals surface area contributed by atoms with E-state index in [0.717, 1.165) is 10.5 Å². The predicted molar refractivity (Wildman–Crippen MR) is 124 cm³/mol. The van der Waals surface area contributed by atoms with Gasteiger partial charge in [0.25, 0.3) is 5.91 Å². The second-order valence-corrected chi connectivity index (χ2v) is 7.89. The summed E-state index contributed by atoms with van der Waals surface area (Å²) in [5.41, 5.74) is 0.432. The van der Waals surface area contributed by atoms with E-state index in [1.807, 2.05) is 13.8 Å². The summed E-state index contributed by atoms with van der Waals surface area (Å²) in [7, 11) is 3.10. The van der Waals surface area contributed by atoms with Gasteiger partial charge < -0.3 is 19.7 Å². The van der Waals surface area contributed by atoms with Crippen molar-refractivity contribution in [3.05, 3.63) is 71.8 Å². The van der Waals surface area contributed by atoms with E-state index in [-0.39, 0.29) is 12.5 Å². The Morgan fingerprint density at radius 1 is 1.00 bits per heavy atom. The van der Waals surface area contributed by atoms with Gasteiger partial charge in [0.15, 0.2) is 5.54 Å². The molecule has 0 atom stereocenters. The van der Waals surface area contributed by atoms with Crippen molar-refractivity contribution in [1.29, 1.82) is 0 Å². The van der Waals surface area contributed by atoms with Crippen LogP contribution in [0.1, 0.15) is 25.0 Å². The van der Waals surface area contributed by atoms with E-state index in [1.54, 1.807) is 67.7 Å². The maximum Gasteiger partial charge on any atom is 0.326 e. The number of benzene rings is 2. The number of nitrogens with zero attached hydrogens (tertiary/aromatic N) is 2. The molecule has 174 valence electrons. The van der Waals surface area contributed by atoms with E-state index in [9.17, 15) is 14.4 Å². The zero-order valence-electron chi connectivity index (χ0n) is 19.4. The van der Waals surface area contributed by atoms with Crippen LogP contribution in [-0.4, -0.2) is 61.5 Å². The van der Waals surface area contributed by atoms with E-state index >= 15 is 0 Å². The number of carbonyl (C=O) groups is 3. The summed E-state index contributed by atoms with van der Waals surface area (Å²) in [6.07, 6.45) is 0. The SMILES string of the molecule is C=C(C)CN(CC)C(=O)CN1C(=O)NC(c2ccc(OC)cc2)(c2ccc(OC)cc2)C1=O. The summed E-state index contributed by atoms with van der Waals surface area (Å²) >= 11 is 0. The summed E-state index contributed by atoms with van der Waals surface area (Å²) < 4.78 is 10.5. The summed E-state index contributed by atoms with van der Waals surface area (Å²) in [6, 6.07) is 13.2. The number of carbonyl (C=O) groups excluding carboxylic acids is 3. The molecule has 1 aliphatic heterocycles. The van der Waals surface area contributed by atoms with Gasteiger partial charge in [-0.1, -0.05) is 36.4 Å². The number of ether oxygens (including phenoxy) is 2. The second kappa shape index (κ2) is 9.77. The molecule has 0 aliphatic carbocycles. The standard InChI is InChI=1S/C25H29N3O5/c1-6-27(15-17(2)3)22(29)16-28-23(30)25(26-24(28)31,18-7-11-20(32-4)12-8-18)19-9-13-21(33-5)14-10-19/h7-14H,2,6,15-16H2,1,3-5H3,(H,26,31). The fourth-order valence-corrected chi connectivity index (χ4v) is 3.90. The van der Waals surface area contributed by atoms with Crippen molar-refractivity contribution in [3.8, 4) is 11.5 Å². The molecule has 3 rings (SSSR count). The number of methoxy groups -OCH3 is 2. The molecule has 1 N–H and O–H groups in total. The van der Waals surface area contributed by atoms with Gasteiger partial charge in [-0.25, -0.2) is 4.79 Å². The van der Waals surface area contributed by atoms with Gasteiger partial charge in [-0.05, 0) is 49.2 Å². The molecule has 1 heterocycles. The quantitative estimate of drug-likeness (QED) is 0.468. The Balaban J connectivity index is 2.02. The number of amides is 4. The first-order valence-corrected chi connectivity index (χ1v) is 10.6. The molecule has 0 bridgehead atoms. The van der Waals surface area contributed by atoms with Crippen LogP contribution >= 0.6 is 0 Å². The van der Waals surface area contributed by atoms with Crippen molar-refractivity contribution in [2.45, 2.75) is 19.4 Å². The van der Waals surface area contributed by atoms with Crippen LogP contribution in [0.25, 0.3) is 0 Å². The molecule has 0 unspecified atom stereocenters. The van der Waals surface area contributed by atoms with Crippen molar-refractivity contribution >= 4 is 17.8 Å². The van der Waals surface area contributed by atoms with Crippen molar-refractivity contribution < 1.29 is 23.9 Å². The van der Waals surface area contributed by atoms with E-state index < -0.39 is 17.5 Å². The first-order chi connectivity index (χ1) is 15.8. The average Bonchev–Trinajstić information content (AvgIpc) is 3.08. The van der Waals surface area contributed by atoms with Gasteiger partial charge in [0.05, 0.1) is 14.2 Å². The molecule has 0 spiro atoms. The molecule has 4 amide bonds. The number of urea groups is 1. The molecule has 0 saturated carbocycles. The number of hydrogen-bond donors (Lipinski definition) is 1. The minimum absolute atomic E-state index is 0.329. The highest BCUT2D eigenvalue weighted by molar-refractivity contribution is 6.11. The highest BCUT2D eigenvalue weighted by atomic mass is 16.5. The molecule has 8 nitrogen and oxygen atoms in total. The van der Waals surface area contributed by atoms with E-state index in [4.69, 9.17) is 9.47 Å². The first-order valence-electron chi connectivity index (χ1n) is 10.6. The minimum Gasteiger partial charge on any atom is -0.497 e. The first kappa shape index (κ1) is 23.8. The molecule has 2 aromatic rings. The summed E-state index contributed by atoms with van der Waals surface area (Å²) in [5, 5.41) is 2.85. The highest BCUT2D eigenvalue weighted by Gasteiger charge is 2.54. The van der Waals surface area contributed by atoms with Crippen LogP contribution in [-0.2, 0) is 15.1 Å². The molecule has 2 aromatic carbocycles. The van der Waals surface area contributed by atoms with Crippen molar-refractivity contribution in [1.82, 2.24) is 15.1 Å². The van der Waals surface area contributed by atoms with Crippen LogP contribution in [0.2, 0.25) is 0 Å². The molecule has 1 fully saturated rings. The van der Waals surface area contributed by atoms with Crippen LogP contribution in [0.15, 0.2) is 60.7 Å². The van der Waals surface area contributed by atoms with Gasteiger partial charge in [-0.3, -0.25) is 14.5 Å². The van der Waals surface area contributed by atoms with Gasteiger partial charge in [-0.15, -0.1) is 0 Å². The third-order valence-corrected chi connectivity index (χ3v) is 5.64. The van der Waals surface area contributed by atoms with Gasteiger partial charge in [0.2, 0.25) is 5.91 Å². The van der Waals surface area contributed by atoms with Crippen LogP contribution in [0.3, 0.4) is 0 Å².